The number of methoxy groups -OCH3 is 1. The molecule has 9 nitrogen and oxygen atoms in total. The molecule has 5 rings (SSSR count). The lowest BCUT2D eigenvalue weighted by atomic mass is 10.2. The highest BCUT2D eigenvalue weighted by atomic mass is 32.1. The smallest absolute Gasteiger partial charge is 0.224 e. The number of rotatable bonds is 12. The van der Waals surface area contributed by atoms with Crippen molar-refractivity contribution < 1.29 is 18.7 Å². The second-order valence-corrected chi connectivity index (χ2v) is 10.4. The van der Waals surface area contributed by atoms with Crippen LogP contribution < -0.4 is 20.1 Å². The lowest BCUT2D eigenvalue weighted by molar-refractivity contribution is -0.116. The third kappa shape index (κ3) is 7.18. The van der Waals surface area contributed by atoms with Crippen LogP contribution in [0.2, 0.25) is 0 Å². The van der Waals surface area contributed by atoms with Gasteiger partial charge in [0.2, 0.25) is 5.91 Å². The van der Waals surface area contributed by atoms with E-state index < -0.39 is 5.82 Å². The van der Waals surface area contributed by atoms with Gasteiger partial charge in [-0.1, -0.05) is 6.07 Å². The van der Waals surface area contributed by atoms with Gasteiger partial charge >= 0.3 is 0 Å². The van der Waals surface area contributed by atoms with Crippen LogP contribution in [0.1, 0.15) is 30.6 Å². The number of hydrogen-bond acceptors (Lipinski definition) is 9. The second kappa shape index (κ2) is 12.8. The van der Waals surface area contributed by atoms with Gasteiger partial charge < -0.3 is 25.0 Å². The Hall–Kier alpha value is -3.83. The van der Waals surface area contributed by atoms with Crippen molar-refractivity contribution >= 4 is 44.8 Å². The van der Waals surface area contributed by atoms with Crippen LogP contribution in [0.15, 0.2) is 48.9 Å². The SMILES string of the molecule is COc1cc2c(Nc3ncc(CCC(=O)Nc4cccc(F)c4)s3)ncnc2cc1OCCCN1CCCC1. The van der Waals surface area contributed by atoms with Crippen molar-refractivity contribution in [1.82, 2.24) is 19.9 Å². The first-order valence-corrected chi connectivity index (χ1v) is 13.8. The summed E-state index contributed by atoms with van der Waals surface area (Å²) in [5.41, 5.74) is 1.17. The zero-order valence-corrected chi connectivity index (χ0v) is 22.6. The van der Waals surface area contributed by atoms with Gasteiger partial charge in [0.25, 0.3) is 0 Å². The summed E-state index contributed by atoms with van der Waals surface area (Å²) in [6, 6.07) is 9.59. The summed E-state index contributed by atoms with van der Waals surface area (Å²) in [4.78, 5) is 29.0. The fourth-order valence-electron chi connectivity index (χ4n) is 4.52. The molecule has 1 amide bonds. The Morgan fingerprint density at radius 3 is 2.82 bits per heavy atom. The van der Waals surface area contributed by atoms with Crippen molar-refractivity contribution in [2.75, 3.05) is 44.0 Å². The highest BCUT2D eigenvalue weighted by Gasteiger charge is 2.15. The molecule has 2 aromatic carbocycles. The number of carbonyl (C=O) groups excluding carboxylic acids is 1. The highest BCUT2D eigenvalue weighted by molar-refractivity contribution is 7.15. The number of aromatic nitrogens is 3. The van der Waals surface area contributed by atoms with E-state index in [9.17, 15) is 9.18 Å². The second-order valence-electron chi connectivity index (χ2n) is 9.31. The largest absolute Gasteiger partial charge is 0.493 e. The summed E-state index contributed by atoms with van der Waals surface area (Å²) < 4.78 is 25.0. The van der Waals surface area contributed by atoms with E-state index in [2.05, 4.69) is 30.5 Å². The maximum Gasteiger partial charge on any atom is 0.224 e. The van der Waals surface area contributed by atoms with Gasteiger partial charge in [-0.05, 0) is 63.0 Å². The number of likely N-dealkylation sites (tertiary alicyclic amines) is 1. The van der Waals surface area contributed by atoms with E-state index in [1.807, 2.05) is 12.1 Å². The fraction of sp³-hybridized carbons (Fsp3) is 0.357. The fourth-order valence-corrected chi connectivity index (χ4v) is 5.33. The van der Waals surface area contributed by atoms with Gasteiger partial charge in [-0.15, -0.1) is 11.3 Å². The summed E-state index contributed by atoms with van der Waals surface area (Å²) >= 11 is 1.44. The first kappa shape index (κ1) is 26.8. The van der Waals surface area contributed by atoms with Gasteiger partial charge in [0.15, 0.2) is 16.6 Å². The van der Waals surface area contributed by atoms with Gasteiger partial charge in [-0.25, -0.2) is 19.3 Å². The molecular formula is C28H31FN6O3S. The first-order chi connectivity index (χ1) is 19.1. The molecule has 2 aromatic heterocycles. The van der Waals surface area contributed by atoms with Gasteiger partial charge in [-0.3, -0.25) is 4.79 Å². The Morgan fingerprint density at radius 2 is 2.00 bits per heavy atom. The highest BCUT2D eigenvalue weighted by Crippen LogP contribution is 2.35. The average Bonchev–Trinajstić information content (AvgIpc) is 3.62. The van der Waals surface area contributed by atoms with E-state index in [4.69, 9.17) is 9.47 Å². The minimum absolute atomic E-state index is 0.188. The van der Waals surface area contributed by atoms with Crippen molar-refractivity contribution in [3.05, 3.63) is 59.6 Å². The quantitative estimate of drug-likeness (QED) is 0.226. The molecule has 1 aliphatic rings. The molecule has 204 valence electrons. The van der Waals surface area contributed by atoms with Crippen molar-refractivity contribution in [2.24, 2.45) is 0 Å². The number of benzene rings is 2. The van der Waals surface area contributed by atoms with Gasteiger partial charge in [0.1, 0.15) is 18.0 Å². The Kier molecular flexibility index (Phi) is 8.79. The van der Waals surface area contributed by atoms with Gasteiger partial charge in [0.05, 0.1) is 19.2 Å². The number of carbonyl (C=O) groups is 1. The molecule has 4 aromatic rings. The van der Waals surface area contributed by atoms with E-state index in [1.54, 1.807) is 25.4 Å². The first-order valence-electron chi connectivity index (χ1n) is 13.0. The molecule has 0 saturated carbocycles. The maximum absolute atomic E-state index is 13.3. The molecule has 1 fully saturated rings. The number of ether oxygens (including phenoxy) is 2. The van der Waals surface area contributed by atoms with E-state index in [0.717, 1.165) is 28.7 Å². The number of thiazole rings is 1. The van der Waals surface area contributed by atoms with Crippen LogP contribution >= 0.6 is 11.3 Å². The molecule has 2 N–H and O–H groups in total. The summed E-state index contributed by atoms with van der Waals surface area (Å²) in [5, 5.41) is 7.41. The molecule has 1 saturated heterocycles. The minimum Gasteiger partial charge on any atom is -0.493 e. The Balaban J connectivity index is 1.19. The predicted octanol–water partition coefficient (Wildman–Crippen LogP) is 5.41. The molecule has 0 radical (unpaired) electrons. The minimum atomic E-state index is -0.391. The van der Waals surface area contributed by atoms with Gasteiger partial charge in [-0.2, -0.15) is 0 Å². The topological polar surface area (TPSA) is 102 Å². The van der Waals surface area contributed by atoms with E-state index in [0.29, 0.717) is 41.2 Å². The molecular weight excluding hydrogens is 519 g/mol. The van der Waals surface area contributed by atoms with Crippen LogP contribution in [-0.2, 0) is 11.2 Å². The van der Waals surface area contributed by atoms with Crippen LogP contribution in [0, 0.1) is 5.82 Å². The molecule has 0 bridgehead atoms. The maximum atomic E-state index is 13.3. The van der Waals surface area contributed by atoms with Gasteiger partial charge in [0, 0.05) is 41.2 Å². The standard InChI is InChI=1S/C28H31FN6O3S/c1-37-24-15-22-23(16-25(24)38-13-5-12-35-10-2-3-11-35)31-18-32-27(22)34-28-30-17-21(39-28)8-9-26(36)33-20-7-4-6-19(29)14-20/h4,6-7,14-18H,2-3,5,8-13H2,1H3,(H,33,36)(H,30,31,32,34). The monoisotopic (exact) mass is 550 g/mol. The molecule has 0 unspecified atom stereocenters. The number of amides is 1. The van der Waals surface area contributed by atoms with E-state index in [1.165, 1.54) is 55.7 Å². The van der Waals surface area contributed by atoms with Crippen LogP contribution in [0.5, 0.6) is 11.5 Å². The zero-order chi connectivity index (χ0) is 27.0. The Bertz CT molecular complexity index is 1430. The number of nitrogens with zero attached hydrogens (tertiary/aromatic N) is 4. The number of nitrogens with one attached hydrogen (secondary N) is 2. The Morgan fingerprint density at radius 1 is 1.13 bits per heavy atom. The van der Waals surface area contributed by atoms with Crippen LogP contribution in [0.25, 0.3) is 10.9 Å². The third-order valence-electron chi connectivity index (χ3n) is 6.48. The molecule has 39 heavy (non-hydrogen) atoms. The molecule has 0 atom stereocenters. The summed E-state index contributed by atoms with van der Waals surface area (Å²) in [7, 11) is 1.62. The number of aryl methyl sites for hydroxylation is 1. The summed E-state index contributed by atoms with van der Waals surface area (Å²) in [6.45, 7) is 4.01. The van der Waals surface area contributed by atoms with Crippen molar-refractivity contribution in [3.8, 4) is 11.5 Å². The van der Waals surface area contributed by atoms with E-state index in [-0.39, 0.29) is 12.3 Å². The lowest BCUT2D eigenvalue weighted by Gasteiger charge is -2.16. The summed E-state index contributed by atoms with van der Waals surface area (Å²) in [5.74, 6) is 1.29. The third-order valence-corrected chi connectivity index (χ3v) is 7.45. The van der Waals surface area contributed by atoms with E-state index >= 15 is 0 Å². The van der Waals surface area contributed by atoms with Crippen LogP contribution in [0.4, 0.5) is 21.0 Å². The number of halogens is 1. The molecule has 0 aliphatic carbocycles. The van der Waals surface area contributed by atoms with Crippen molar-refractivity contribution in [3.63, 3.8) is 0 Å². The molecule has 0 spiro atoms. The number of fused-ring (bicyclic) bond motifs is 1. The average molecular weight is 551 g/mol. The zero-order valence-electron chi connectivity index (χ0n) is 21.8. The molecule has 11 heteroatoms. The predicted molar refractivity (Wildman–Crippen MR) is 151 cm³/mol. The summed E-state index contributed by atoms with van der Waals surface area (Å²) in [6.07, 6.45) is 7.53. The lowest BCUT2D eigenvalue weighted by Crippen LogP contribution is -2.21. The molecule has 3 heterocycles. The number of anilines is 3. The van der Waals surface area contributed by atoms with Crippen LogP contribution in [0.3, 0.4) is 0 Å². The van der Waals surface area contributed by atoms with Crippen molar-refractivity contribution in [2.45, 2.75) is 32.1 Å². The van der Waals surface area contributed by atoms with Crippen molar-refractivity contribution in [1.29, 1.82) is 0 Å². The van der Waals surface area contributed by atoms with Crippen LogP contribution in [-0.4, -0.2) is 59.1 Å². The molecule has 1 aliphatic heterocycles. The Labute approximate surface area is 230 Å². The normalized spacial score (nSPS) is 13.5. The number of hydrogen-bond donors (Lipinski definition) is 2.